The number of aliphatic hydroxyl groups is 1. The minimum Gasteiger partial charge on any atom is -0.585 e. The smallest absolute Gasteiger partial charge is 0.208 e. The minimum atomic E-state index is -0.892. The molecule has 1 nitrogen and oxygen atoms in total. The lowest BCUT2D eigenvalue weighted by Crippen LogP contribution is -2.33. The summed E-state index contributed by atoms with van der Waals surface area (Å²) in [5.74, 6) is 2.89. The van der Waals surface area contributed by atoms with E-state index in [9.17, 15) is 0 Å². The number of hydrogen-bond donors (Lipinski definition) is 0. The molecule has 0 atom stereocenters. The Hall–Kier alpha value is -0.448. The normalized spacial score (nSPS) is 11.6. The van der Waals surface area contributed by atoms with Gasteiger partial charge in [-0.05, 0) is 6.42 Å². The van der Waals surface area contributed by atoms with Crippen LogP contribution >= 0.6 is 0 Å². The number of benzene rings is 1. The number of hydrogen-bond acceptors (Lipinski definition) is 0. The van der Waals surface area contributed by atoms with Crippen molar-refractivity contribution < 1.29 is 4.74 Å². The lowest BCUT2D eigenvalue weighted by atomic mass is 10.3. The van der Waals surface area contributed by atoms with E-state index in [1.165, 1.54) is 29.2 Å². The van der Waals surface area contributed by atoms with Gasteiger partial charge in [0, 0.05) is 26.6 Å². The summed E-state index contributed by atoms with van der Waals surface area (Å²) < 4.78 is 6.47. The first-order chi connectivity index (χ1) is 9.54. The number of aromatic hydroxyl groups is 1. The maximum atomic E-state index is 4.87. The molecule has 1 aromatic rings. The second-order valence-electron chi connectivity index (χ2n) is 6.75. The quantitative estimate of drug-likeness (QED) is 0.354. The van der Waals surface area contributed by atoms with Gasteiger partial charge in [-0.25, -0.2) is 10.6 Å². The average molecular weight is 291 g/mol. The van der Waals surface area contributed by atoms with Gasteiger partial charge >= 0.3 is 0 Å². The SMILES string of the molecule is CCCC[OH+]c1cccc[c]1[Al-]([CH2]C(C)C)[CH2]C(C)C. The van der Waals surface area contributed by atoms with Crippen LogP contribution in [0.15, 0.2) is 24.3 Å². The Bertz CT molecular complexity index is 363. The molecule has 0 aliphatic rings. The van der Waals surface area contributed by atoms with Gasteiger partial charge in [0.25, 0.3) is 0 Å². The molecule has 1 rings (SSSR count). The first-order valence-electron chi connectivity index (χ1n) is 8.31. The summed E-state index contributed by atoms with van der Waals surface area (Å²) in [6.07, 6.45) is 2.43. The molecule has 0 saturated heterocycles. The Kier molecular flexibility index (Phi) is 8.35. The van der Waals surface area contributed by atoms with Crippen LogP contribution in [-0.2, 0) is 0 Å². The van der Waals surface area contributed by atoms with E-state index in [0.29, 0.717) is 0 Å². The molecule has 0 aliphatic heterocycles. The zero-order valence-electron chi connectivity index (χ0n) is 14.0. The van der Waals surface area contributed by atoms with E-state index in [-0.39, 0.29) is 0 Å². The molecule has 0 aliphatic carbocycles. The van der Waals surface area contributed by atoms with Crippen LogP contribution in [0.25, 0.3) is 0 Å². The summed E-state index contributed by atoms with van der Waals surface area (Å²) in [5, 5.41) is 2.80. The molecule has 0 aromatic heterocycles. The highest BCUT2D eigenvalue weighted by Crippen LogP contribution is 2.19. The van der Waals surface area contributed by atoms with E-state index >= 15 is 0 Å². The number of unbranched alkanes of at least 4 members (excludes halogenated alkanes) is 1. The zero-order chi connectivity index (χ0) is 15.0. The highest BCUT2D eigenvalue weighted by Gasteiger charge is 2.13. The molecule has 0 fully saturated rings. The van der Waals surface area contributed by atoms with Crippen LogP contribution in [0, 0.1) is 11.8 Å². The highest BCUT2D eigenvalue weighted by molar-refractivity contribution is 6.74. The number of ether oxygens (including phenoxy) is 1. The van der Waals surface area contributed by atoms with E-state index in [1.807, 2.05) is 0 Å². The summed E-state index contributed by atoms with van der Waals surface area (Å²) >= 11 is -0.892. The van der Waals surface area contributed by atoms with Crippen LogP contribution in [0.3, 0.4) is 0 Å². The van der Waals surface area contributed by atoms with Crippen LogP contribution in [0.2, 0.25) is 10.6 Å². The van der Waals surface area contributed by atoms with Crippen molar-refractivity contribution in [2.45, 2.75) is 58.0 Å². The summed E-state index contributed by atoms with van der Waals surface area (Å²) in [6, 6.07) is 8.93. The Balaban J connectivity index is 2.87. The maximum Gasteiger partial charge on any atom is 0.208 e. The Morgan fingerprint density at radius 1 is 1.00 bits per heavy atom. The molecule has 0 saturated carbocycles. The molecule has 0 spiro atoms. The van der Waals surface area contributed by atoms with Crippen molar-refractivity contribution >= 4 is 18.6 Å². The van der Waals surface area contributed by atoms with Gasteiger partial charge in [0.15, 0.2) is 6.61 Å². The third-order valence-electron chi connectivity index (χ3n) is 3.68. The van der Waals surface area contributed by atoms with Crippen molar-refractivity contribution in [1.29, 1.82) is 0 Å². The molecule has 0 heterocycles. The predicted molar refractivity (Wildman–Crippen MR) is 92.6 cm³/mol. The lowest BCUT2D eigenvalue weighted by Gasteiger charge is -2.30. The van der Waals surface area contributed by atoms with Crippen molar-refractivity contribution in [3.63, 3.8) is 0 Å². The van der Waals surface area contributed by atoms with Crippen molar-refractivity contribution in [1.82, 2.24) is 0 Å². The molecule has 113 valence electrons. The summed E-state index contributed by atoms with van der Waals surface area (Å²) in [5.41, 5.74) is 0. The van der Waals surface area contributed by atoms with Crippen LogP contribution < -0.4 is 4.43 Å². The maximum absolute atomic E-state index is 4.87. The van der Waals surface area contributed by atoms with Gasteiger partial charge in [-0.3, -0.25) is 0 Å². The third-order valence-corrected chi connectivity index (χ3v) is 8.07. The van der Waals surface area contributed by atoms with Gasteiger partial charge < -0.3 is 4.74 Å². The fourth-order valence-corrected chi connectivity index (χ4v) is 6.79. The fourth-order valence-electron chi connectivity index (χ4n) is 2.82. The highest BCUT2D eigenvalue weighted by atomic mass is 27.2. The Labute approximate surface area is 130 Å². The third kappa shape index (κ3) is 6.33. The van der Waals surface area contributed by atoms with Crippen molar-refractivity contribution in [2.75, 3.05) is 6.61 Å². The van der Waals surface area contributed by atoms with Gasteiger partial charge in [-0.1, -0.05) is 64.7 Å². The first kappa shape index (κ1) is 17.6. The first-order valence-corrected chi connectivity index (χ1v) is 10.5. The molecule has 0 bridgehead atoms. The summed E-state index contributed by atoms with van der Waals surface area (Å²) in [7, 11) is 0. The van der Waals surface area contributed by atoms with E-state index in [4.69, 9.17) is 4.74 Å². The Morgan fingerprint density at radius 2 is 1.60 bits per heavy atom. The molecule has 1 N–H and O–H groups in total. The molecule has 0 unspecified atom stereocenters. The van der Waals surface area contributed by atoms with Gasteiger partial charge in [-0.2, -0.15) is 4.43 Å². The predicted octanol–water partition coefficient (Wildman–Crippen LogP) is 4.74. The van der Waals surface area contributed by atoms with E-state index in [2.05, 4.69) is 58.9 Å². The second-order valence-corrected chi connectivity index (χ2v) is 9.71. The minimum absolute atomic E-state index is 0.800. The monoisotopic (exact) mass is 291 g/mol. The van der Waals surface area contributed by atoms with Gasteiger partial charge in [0.05, 0.1) is 0 Å². The fraction of sp³-hybridized carbons (Fsp3) is 0.667. The molecule has 1 aromatic carbocycles. The van der Waals surface area contributed by atoms with E-state index in [0.717, 1.165) is 18.4 Å². The van der Waals surface area contributed by atoms with Gasteiger partial charge in [0.1, 0.15) is 0 Å². The van der Waals surface area contributed by atoms with Crippen LogP contribution in [0.1, 0.15) is 47.5 Å². The lowest BCUT2D eigenvalue weighted by molar-refractivity contribution is 0.0677. The molecular weight excluding hydrogens is 259 g/mol. The zero-order valence-corrected chi connectivity index (χ0v) is 15.2. The van der Waals surface area contributed by atoms with Gasteiger partial charge in [0.2, 0.25) is 5.75 Å². The standard InChI is InChI=1S/C10H13O.2C4H9.Al/c1-2-3-9-11-10-7-5-4-6-8-10;2*1-4(2)3;/h4-7H,2-3,9H2,1H3;2*4H,1H2,2-3H3;/q;;;-1/p+1. The van der Waals surface area contributed by atoms with Gasteiger partial charge in [-0.15, -0.1) is 0 Å². The molecule has 0 amide bonds. The van der Waals surface area contributed by atoms with E-state index < -0.39 is 14.1 Å². The van der Waals surface area contributed by atoms with Crippen LogP contribution in [0.4, 0.5) is 0 Å². The van der Waals surface area contributed by atoms with E-state index in [1.54, 1.807) is 4.43 Å². The molecule has 2 heteroatoms. The van der Waals surface area contributed by atoms with Crippen LogP contribution in [0.5, 0.6) is 5.75 Å². The van der Waals surface area contributed by atoms with Crippen LogP contribution in [-0.4, -0.2) is 25.5 Å². The second kappa shape index (κ2) is 9.48. The molecule has 1 radical (unpaired) electrons. The van der Waals surface area contributed by atoms with Crippen molar-refractivity contribution in [3.8, 4) is 5.75 Å². The summed E-state index contributed by atoms with van der Waals surface area (Å²) in [6.45, 7) is 12.6. The largest absolute Gasteiger partial charge is 0.585 e. The van der Waals surface area contributed by atoms with Crippen molar-refractivity contribution in [2.24, 2.45) is 11.8 Å². The Morgan fingerprint density at radius 3 is 2.15 bits per heavy atom. The number of rotatable bonds is 9. The summed E-state index contributed by atoms with van der Waals surface area (Å²) in [4.78, 5) is 0. The average Bonchev–Trinajstić information content (AvgIpc) is 2.38. The molecular formula is C18H32AlO. The molecule has 20 heavy (non-hydrogen) atoms. The number of para-hydroxylation sites is 1. The topological polar surface area (TPSA) is 12.8 Å². The van der Waals surface area contributed by atoms with Crippen molar-refractivity contribution in [3.05, 3.63) is 24.3 Å².